The minimum atomic E-state index is -5.56. The molecule has 7 atom stereocenters. The molecular weight excluding hydrogens is 830 g/mol. The third-order valence-electron chi connectivity index (χ3n) is 7.50. The van der Waals surface area contributed by atoms with Gasteiger partial charge in [-0.3, -0.25) is 32.5 Å². The third kappa shape index (κ3) is 15.7. The fourth-order valence-corrected chi connectivity index (χ4v) is 8.24. The fourth-order valence-electron chi connectivity index (χ4n) is 4.69. The van der Waals surface area contributed by atoms with Gasteiger partial charge in [0, 0.05) is 37.1 Å². The van der Waals surface area contributed by atoms with Crippen LogP contribution in [0.25, 0.3) is 11.2 Å². The summed E-state index contributed by atoms with van der Waals surface area (Å²) in [6, 6.07) is 0. The van der Waals surface area contributed by atoms with Crippen LogP contribution in [0.5, 0.6) is 0 Å². The van der Waals surface area contributed by atoms with Crippen LogP contribution in [-0.4, -0.2) is 123 Å². The van der Waals surface area contributed by atoms with E-state index in [1.54, 1.807) is 0 Å². The number of carbonyl (C=O) groups excluding carboxylic acids is 3. The summed E-state index contributed by atoms with van der Waals surface area (Å²) < 4.78 is 62.0. The van der Waals surface area contributed by atoms with E-state index in [1.165, 1.54) is 13.8 Å². The number of rotatable bonds is 22. The molecule has 1 saturated heterocycles. The van der Waals surface area contributed by atoms with E-state index in [-0.39, 0.29) is 72.6 Å². The van der Waals surface area contributed by atoms with E-state index in [9.17, 15) is 57.9 Å². The van der Waals surface area contributed by atoms with E-state index in [2.05, 4.69) is 34.4 Å². The summed E-state index contributed by atoms with van der Waals surface area (Å²) in [6.45, 7) is 2.52. The zero-order valence-electron chi connectivity index (χ0n) is 31.2. The Labute approximate surface area is 342 Å². The molecule has 0 radical (unpaired) electrons. The maximum atomic E-state index is 12.7. The summed E-state index contributed by atoms with van der Waals surface area (Å²) in [5.74, 6) is -1.05. The Kier molecular flexibility index (Phi) is 19.5. The molecule has 3 rings (SSSR count). The third-order valence-corrected chi connectivity index (χ3v) is 11.5. The van der Waals surface area contributed by atoms with Crippen LogP contribution in [0.15, 0.2) is 12.7 Å². The molecule has 0 spiro atoms. The number of nitrogen functional groups attached to an aromatic ring is 1. The van der Waals surface area contributed by atoms with Gasteiger partial charge in [0.05, 0.1) is 19.5 Å². The monoisotopic (exact) mass is 875 g/mol. The van der Waals surface area contributed by atoms with Gasteiger partial charge in [-0.2, -0.15) is 4.31 Å². The number of fused-ring (bicyclic) bond motifs is 1. The van der Waals surface area contributed by atoms with Crippen molar-refractivity contribution in [3.63, 3.8) is 0 Å². The first-order valence-electron chi connectivity index (χ1n) is 16.1. The van der Waals surface area contributed by atoms with Crippen molar-refractivity contribution in [3.8, 4) is 0 Å². The van der Waals surface area contributed by atoms with Crippen LogP contribution in [0.4, 0.5) is 5.82 Å². The molecule has 0 aliphatic carbocycles. The van der Waals surface area contributed by atoms with E-state index in [4.69, 9.17) is 19.5 Å². The molecule has 0 bridgehead atoms. The fraction of sp³-hybridized carbons (Fsp3) is 0.692. The van der Waals surface area contributed by atoms with Gasteiger partial charge >= 0.3 is 53.0 Å². The predicted molar refractivity (Wildman–Crippen MR) is 188 cm³/mol. The first-order chi connectivity index (χ1) is 25.1. The van der Waals surface area contributed by atoms with E-state index >= 15 is 0 Å². The van der Waals surface area contributed by atoms with Crippen molar-refractivity contribution in [2.24, 2.45) is 5.41 Å². The van der Waals surface area contributed by atoms with Crippen molar-refractivity contribution in [1.82, 2.24) is 30.2 Å². The number of amides is 2. The van der Waals surface area contributed by atoms with Crippen LogP contribution in [0.2, 0.25) is 0 Å². The van der Waals surface area contributed by atoms with E-state index in [0.717, 1.165) is 41.8 Å². The van der Waals surface area contributed by atoms with Crippen LogP contribution in [0, 0.1) is 5.41 Å². The molecule has 55 heavy (non-hydrogen) atoms. The summed E-state index contributed by atoms with van der Waals surface area (Å²) in [5, 5.41) is 26.4. The predicted octanol–water partition coefficient (Wildman–Crippen LogP) is -3.03. The summed E-state index contributed by atoms with van der Waals surface area (Å²) in [7, 11) is -16.4. The second-order valence-corrected chi connectivity index (χ2v) is 17.8. The van der Waals surface area contributed by atoms with Gasteiger partial charge in [0.25, 0.3) is 0 Å². The summed E-state index contributed by atoms with van der Waals surface area (Å²) in [5.41, 5.74) is 4.27. The molecule has 3 heterocycles. The molecular formula is C26H45N7NaO17P3S. The SMILES string of the molecule is CCCCC(=O)SCCNC(=O)CCNC(=O)[C@H](O)C(C)(C)COP(=O)(O)OP(=O)(O)OC[C@H]1O[C@@H](n2cnc3c(N)ncnc32)[C@H](O)[C@@H]1OP(=O)(O)O.[H-].[Na+]. The molecule has 10 N–H and O–H groups in total. The molecule has 2 amide bonds. The molecule has 24 nitrogen and oxygen atoms in total. The van der Waals surface area contributed by atoms with Gasteiger partial charge < -0.3 is 52.3 Å². The maximum absolute atomic E-state index is 12.7. The van der Waals surface area contributed by atoms with Crippen LogP contribution < -0.4 is 45.9 Å². The summed E-state index contributed by atoms with van der Waals surface area (Å²) in [6.07, 6.45) is -4.74. The Morgan fingerprint density at radius 1 is 1.07 bits per heavy atom. The van der Waals surface area contributed by atoms with E-state index in [1.807, 2.05) is 6.92 Å². The smallest absolute Gasteiger partial charge is 1.00 e. The topological polar surface area (TPSA) is 364 Å². The summed E-state index contributed by atoms with van der Waals surface area (Å²) >= 11 is 1.11. The number of aliphatic hydroxyl groups is 2. The largest absolute Gasteiger partial charge is 1.00 e. The van der Waals surface area contributed by atoms with Gasteiger partial charge in [-0.05, 0) is 6.42 Å². The Morgan fingerprint density at radius 2 is 1.75 bits per heavy atom. The van der Waals surface area contributed by atoms with Crippen molar-refractivity contribution >= 4 is 69.1 Å². The zero-order valence-corrected chi connectivity index (χ0v) is 35.7. The minimum absolute atomic E-state index is 0. The van der Waals surface area contributed by atoms with Crippen molar-refractivity contribution in [3.05, 3.63) is 12.7 Å². The molecule has 308 valence electrons. The van der Waals surface area contributed by atoms with Crippen molar-refractivity contribution in [2.75, 3.05) is 37.8 Å². The number of phosphoric acid groups is 3. The first kappa shape index (κ1) is 49.7. The van der Waals surface area contributed by atoms with Crippen LogP contribution in [0.3, 0.4) is 0 Å². The van der Waals surface area contributed by atoms with Gasteiger partial charge in [0.1, 0.15) is 36.3 Å². The van der Waals surface area contributed by atoms with E-state index < -0.39 is 84.6 Å². The molecule has 1 fully saturated rings. The van der Waals surface area contributed by atoms with Crippen LogP contribution in [-0.2, 0) is 50.7 Å². The maximum Gasteiger partial charge on any atom is 1.00 e. The van der Waals surface area contributed by atoms with Crippen molar-refractivity contribution < 1.29 is 111 Å². The number of carbonyl (C=O) groups is 3. The zero-order chi connectivity index (χ0) is 40.5. The second kappa shape index (κ2) is 21.5. The Balaban J connectivity index is 0.00000784. The van der Waals surface area contributed by atoms with Gasteiger partial charge in [0.15, 0.2) is 22.8 Å². The molecule has 1 aliphatic rings. The molecule has 2 aromatic heterocycles. The molecule has 2 unspecified atom stereocenters. The van der Waals surface area contributed by atoms with E-state index in [0.29, 0.717) is 12.2 Å². The Bertz CT molecular complexity index is 1780. The first-order valence-corrected chi connectivity index (χ1v) is 21.6. The molecule has 29 heteroatoms. The average molecular weight is 876 g/mol. The second-order valence-electron chi connectivity index (χ2n) is 12.4. The standard InChI is InChI=1S/C26H44N7O17P3S.Na.H/c1-4-5-6-17(35)54-10-9-28-16(34)7-8-29-24(38)21(37)26(2,3)12-47-53(44,45)50-52(42,43)46-11-15-20(49-51(39,40)41)19(36)25(48-15)33-14-32-18-22(27)30-13-31-23(18)33;;/h13-15,19-21,25,36-37H,4-12H2,1-3H3,(H,28,34)(H,29,38)(H,42,43)(H,44,45)(H2,27,30,31)(H2,39,40,41);;/q;+1;-1/t15-,19-,20-,21+,25-;;/m1../s1. The Hall–Kier alpha value is -1.44. The number of ether oxygens (including phenoxy) is 1. The number of hydrogen-bond acceptors (Lipinski definition) is 18. The number of nitrogens with zero attached hydrogens (tertiary/aromatic N) is 4. The van der Waals surface area contributed by atoms with Gasteiger partial charge in [-0.15, -0.1) is 0 Å². The number of phosphoric ester groups is 3. The number of nitrogens with two attached hydrogens (primary N) is 1. The van der Waals surface area contributed by atoms with Crippen LogP contribution >= 0.6 is 35.2 Å². The Morgan fingerprint density at radius 3 is 2.40 bits per heavy atom. The minimum Gasteiger partial charge on any atom is -1.00 e. The summed E-state index contributed by atoms with van der Waals surface area (Å²) in [4.78, 5) is 87.1. The number of unbranched alkanes of at least 4 members (excludes halogenated alkanes) is 1. The number of aliphatic hydroxyl groups excluding tert-OH is 2. The number of aromatic nitrogens is 4. The van der Waals surface area contributed by atoms with Crippen molar-refractivity contribution in [1.29, 1.82) is 0 Å². The quantitative estimate of drug-likeness (QED) is 0.0323. The average Bonchev–Trinajstić information content (AvgIpc) is 3.63. The van der Waals surface area contributed by atoms with Crippen LogP contribution in [0.1, 0.15) is 54.1 Å². The number of nitrogens with one attached hydrogen (secondary N) is 2. The van der Waals surface area contributed by atoms with Gasteiger partial charge in [0.2, 0.25) is 11.8 Å². The normalized spacial score (nSPS) is 21.6. The number of imidazole rings is 1. The molecule has 1 aliphatic heterocycles. The molecule has 0 aromatic carbocycles. The number of hydrogen-bond donors (Lipinski definition) is 9. The number of thioether (sulfide) groups is 1. The van der Waals surface area contributed by atoms with Crippen molar-refractivity contribution in [2.45, 2.75) is 77.1 Å². The van der Waals surface area contributed by atoms with Gasteiger partial charge in [-0.25, -0.2) is 28.6 Å². The molecule has 0 saturated carbocycles. The molecule has 2 aromatic rings. The van der Waals surface area contributed by atoms with Gasteiger partial charge in [-0.1, -0.05) is 39.0 Å². The number of anilines is 1.